The quantitative estimate of drug-likeness (QED) is 0.872. The van der Waals surface area contributed by atoms with Crippen LogP contribution in [0, 0.1) is 11.3 Å². The Morgan fingerprint density at radius 3 is 2.35 bits per heavy atom. The second-order valence-electron chi connectivity index (χ2n) is 5.47. The lowest BCUT2D eigenvalue weighted by molar-refractivity contribution is -0.913. The van der Waals surface area contributed by atoms with Crippen LogP contribution in [0.2, 0.25) is 0 Å². The third kappa shape index (κ3) is 3.82. The second kappa shape index (κ2) is 7.06. The van der Waals surface area contributed by atoms with Crippen molar-refractivity contribution in [3.05, 3.63) is 29.8 Å². The molecule has 1 fully saturated rings. The third-order valence-electron chi connectivity index (χ3n) is 4.03. The summed E-state index contributed by atoms with van der Waals surface area (Å²) in [4.78, 5) is 13.7. The summed E-state index contributed by atoms with van der Waals surface area (Å²) in [5.74, 6) is 0.0617. The van der Waals surface area contributed by atoms with Crippen molar-refractivity contribution in [2.24, 2.45) is 0 Å². The Morgan fingerprint density at radius 1 is 1.20 bits per heavy atom. The first-order chi connectivity index (χ1) is 9.70. The Balaban J connectivity index is 1.94. The minimum absolute atomic E-state index is 0.0243. The van der Waals surface area contributed by atoms with Crippen LogP contribution in [-0.4, -0.2) is 25.0 Å². The van der Waals surface area contributed by atoms with Gasteiger partial charge in [0.25, 0.3) is 5.91 Å². The van der Waals surface area contributed by atoms with Crippen LogP contribution in [0.25, 0.3) is 0 Å². The molecule has 0 aliphatic carbocycles. The van der Waals surface area contributed by atoms with E-state index in [1.165, 1.54) is 30.6 Å². The van der Waals surface area contributed by atoms with Crippen molar-refractivity contribution < 1.29 is 9.69 Å². The van der Waals surface area contributed by atoms with E-state index in [1.807, 2.05) is 6.92 Å². The summed E-state index contributed by atoms with van der Waals surface area (Å²) in [6.45, 7) is 4.17. The van der Waals surface area contributed by atoms with Crippen LogP contribution in [0.4, 0.5) is 5.69 Å². The van der Waals surface area contributed by atoms with Crippen molar-refractivity contribution in [2.45, 2.75) is 38.6 Å². The van der Waals surface area contributed by atoms with Crippen molar-refractivity contribution in [3.8, 4) is 6.07 Å². The van der Waals surface area contributed by atoms with E-state index < -0.39 is 0 Å². The molecular weight excluding hydrogens is 250 g/mol. The van der Waals surface area contributed by atoms with Gasteiger partial charge in [0.05, 0.1) is 24.7 Å². The summed E-state index contributed by atoms with van der Waals surface area (Å²) in [7, 11) is 0. The number of hydrogen-bond acceptors (Lipinski definition) is 2. The molecule has 0 spiro atoms. The number of carbonyl (C=O) groups excluding carboxylic acids is 1. The normalized spacial score (nSPS) is 17.8. The molecule has 0 saturated carbocycles. The van der Waals surface area contributed by atoms with Gasteiger partial charge in [-0.25, -0.2) is 0 Å². The molecule has 0 aromatic heterocycles. The number of amides is 1. The lowest BCUT2D eigenvalue weighted by Crippen LogP contribution is -3.16. The van der Waals surface area contributed by atoms with Crippen LogP contribution < -0.4 is 10.2 Å². The summed E-state index contributed by atoms with van der Waals surface area (Å²) < 4.78 is 0. The largest absolute Gasteiger partial charge is 0.325 e. The average molecular weight is 272 g/mol. The number of anilines is 1. The Hall–Kier alpha value is -1.86. The van der Waals surface area contributed by atoms with Gasteiger partial charge in [0.1, 0.15) is 0 Å². The van der Waals surface area contributed by atoms with Crippen molar-refractivity contribution in [3.63, 3.8) is 0 Å². The molecule has 1 saturated heterocycles. The minimum Gasteiger partial charge on any atom is -0.325 e. The van der Waals surface area contributed by atoms with Crippen molar-refractivity contribution >= 4 is 11.6 Å². The lowest BCUT2D eigenvalue weighted by Gasteiger charge is -2.23. The Labute approximate surface area is 120 Å². The van der Waals surface area contributed by atoms with Gasteiger partial charge in [-0.05, 0) is 56.9 Å². The molecule has 1 aromatic carbocycles. The number of benzene rings is 1. The molecule has 106 valence electrons. The zero-order valence-corrected chi connectivity index (χ0v) is 12.0. The number of nitriles is 1. The minimum atomic E-state index is -0.0243. The molecule has 0 bridgehead atoms. The van der Waals surface area contributed by atoms with E-state index in [0.717, 1.165) is 18.8 Å². The predicted octanol–water partition coefficient (Wildman–Crippen LogP) is 1.34. The zero-order chi connectivity index (χ0) is 14.4. The maximum Gasteiger partial charge on any atom is 0.282 e. The molecule has 1 heterocycles. The highest BCUT2D eigenvalue weighted by molar-refractivity contribution is 5.93. The van der Waals surface area contributed by atoms with Crippen LogP contribution in [-0.2, 0) is 4.79 Å². The standard InChI is InChI=1S/C16H21N3O/c1-13(19-10-4-2-3-5-11-19)16(20)18-15-8-6-14(12-17)7-9-15/h6-9,13H,2-5,10-11H2,1H3,(H,18,20)/p+1/t13-/m1/s1. The predicted molar refractivity (Wildman–Crippen MR) is 78.4 cm³/mol. The molecule has 1 aromatic rings. The molecule has 2 rings (SSSR count). The summed E-state index contributed by atoms with van der Waals surface area (Å²) in [5.41, 5.74) is 1.37. The molecular formula is C16H22N3O+. The first-order valence-corrected chi connectivity index (χ1v) is 7.36. The number of nitrogens with one attached hydrogen (secondary N) is 2. The number of hydrogen-bond donors (Lipinski definition) is 2. The van der Waals surface area contributed by atoms with Gasteiger partial charge in [0, 0.05) is 5.69 Å². The van der Waals surface area contributed by atoms with Crippen LogP contribution in [0.15, 0.2) is 24.3 Å². The molecule has 0 radical (unpaired) electrons. The smallest absolute Gasteiger partial charge is 0.282 e. The van der Waals surface area contributed by atoms with Crippen LogP contribution in [0.3, 0.4) is 0 Å². The van der Waals surface area contributed by atoms with Gasteiger partial charge in [-0.15, -0.1) is 0 Å². The van der Waals surface area contributed by atoms with Gasteiger partial charge in [-0.1, -0.05) is 0 Å². The van der Waals surface area contributed by atoms with E-state index in [-0.39, 0.29) is 11.9 Å². The summed E-state index contributed by atoms with van der Waals surface area (Å²) in [6.07, 6.45) is 4.99. The number of carbonyl (C=O) groups is 1. The van der Waals surface area contributed by atoms with E-state index in [0.29, 0.717) is 5.56 Å². The fraction of sp³-hybridized carbons (Fsp3) is 0.500. The van der Waals surface area contributed by atoms with Gasteiger partial charge < -0.3 is 10.2 Å². The lowest BCUT2D eigenvalue weighted by atomic mass is 10.2. The Morgan fingerprint density at radius 2 is 1.80 bits per heavy atom. The summed E-state index contributed by atoms with van der Waals surface area (Å²) >= 11 is 0. The first-order valence-electron chi connectivity index (χ1n) is 7.36. The van der Waals surface area contributed by atoms with Gasteiger partial charge in [0.15, 0.2) is 6.04 Å². The molecule has 1 aliphatic rings. The fourth-order valence-corrected chi connectivity index (χ4v) is 2.68. The molecule has 0 unspecified atom stereocenters. The maximum atomic E-state index is 12.3. The summed E-state index contributed by atoms with van der Waals surface area (Å²) in [5, 5.41) is 11.7. The highest BCUT2D eigenvalue weighted by Gasteiger charge is 2.25. The highest BCUT2D eigenvalue weighted by Crippen LogP contribution is 2.09. The number of likely N-dealkylation sites (tertiary alicyclic amines) is 1. The molecule has 2 N–H and O–H groups in total. The molecule has 1 atom stereocenters. The van der Waals surface area contributed by atoms with E-state index in [1.54, 1.807) is 24.3 Å². The topological polar surface area (TPSA) is 57.3 Å². The SMILES string of the molecule is C[C@H](C(=O)Nc1ccc(C#N)cc1)[NH+]1CCCCCC1. The van der Waals surface area contributed by atoms with E-state index in [4.69, 9.17) is 5.26 Å². The average Bonchev–Trinajstić information content (AvgIpc) is 2.76. The summed E-state index contributed by atoms with van der Waals surface area (Å²) in [6, 6.07) is 9.05. The molecule has 1 aliphatic heterocycles. The van der Waals surface area contributed by atoms with Gasteiger partial charge in [0.2, 0.25) is 0 Å². The Kier molecular flexibility index (Phi) is 5.14. The van der Waals surface area contributed by atoms with E-state index in [2.05, 4.69) is 11.4 Å². The maximum absolute atomic E-state index is 12.3. The first kappa shape index (κ1) is 14.5. The van der Waals surface area contributed by atoms with Gasteiger partial charge in [-0.3, -0.25) is 4.79 Å². The van der Waals surface area contributed by atoms with E-state index >= 15 is 0 Å². The monoisotopic (exact) mass is 272 g/mol. The van der Waals surface area contributed by atoms with Crippen LogP contribution >= 0.6 is 0 Å². The number of nitrogens with zero attached hydrogens (tertiary/aromatic N) is 1. The van der Waals surface area contributed by atoms with Crippen molar-refractivity contribution in [2.75, 3.05) is 18.4 Å². The van der Waals surface area contributed by atoms with E-state index in [9.17, 15) is 4.79 Å². The number of quaternary nitrogens is 1. The van der Waals surface area contributed by atoms with Gasteiger partial charge >= 0.3 is 0 Å². The van der Waals surface area contributed by atoms with Crippen LogP contribution in [0.5, 0.6) is 0 Å². The molecule has 4 heteroatoms. The Bertz CT molecular complexity index is 481. The molecule has 1 amide bonds. The number of rotatable bonds is 3. The highest BCUT2D eigenvalue weighted by atomic mass is 16.2. The molecule has 4 nitrogen and oxygen atoms in total. The van der Waals surface area contributed by atoms with Crippen molar-refractivity contribution in [1.82, 2.24) is 0 Å². The zero-order valence-electron chi connectivity index (χ0n) is 12.0. The van der Waals surface area contributed by atoms with Crippen molar-refractivity contribution in [1.29, 1.82) is 5.26 Å². The molecule has 20 heavy (non-hydrogen) atoms. The third-order valence-corrected chi connectivity index (χ3v) is 4.03. The van der Waals surface area contributed by atoms with Gasteiger partial charge in [-0.2, -0.15) is 5.26 Å². The second-order valence-corrected chi connectivity index (χ2v) is 5.47. The van der Waals surface area contributed by atoms with Crippen LogP contribution in [0.1, 0.15) is 38.2 Å². The fourth-order valence-electron chi connectivity index (χ4n) is 2.68.